The lowest BCUT2D eigenvalue weighted by molar-refractivity contribution is 0.0762. The summed E-state index contributed by atoms with van der Waals surface area (Å²) in [5.41, 5.74) is 1.44. The van der Waals surface area contributed by atoms with Crippen LogP contribution in [0, 0.1) is 5.92 Å². The second-order valence-electron chi connectivity index (χ2n) is 5.37. The molecule has 1 aromatic heterocycles. The van der Waals surface area contributed by atoms with Crippen LogP contribution in [-0.4, -0.2) is 45.2 Å². The molecule has 21 heavy (non-hydrogen) atoms. The molecule has 0 aliphatic carbocycles. The van der Waals surface area contributed by atoms with Gasteiger partial charge in [-0.1, -0.05) is 17.3 Å². The van der Waals surface area contributed by atoms with Crippen LogP contribution < -0.4 is 0 Å². The third kappa shape index (κ3) is 2.80. The number of hydrogen-bond acceptors (Lipinski definition) is 5. The van der Waals surface area contributed by atoms with E-state index in [-0.39, 0.29) is 17.9 Å². The maximum absolute atomic E-state index is 12.4. The van der Waals surface area contributed by atoms with E-state index in [4.69, 9.17) is 4.52 Å². The van der Waals surface area contributed by atoms with E-state index in [1.54, 1.807) is 36.1 Å². The summed E-state index contributed by atoms with van der Waals surface area (Å²) in [4.78, 5) is 18.2. The Morgan fingerprint density at radius 1 is 1.43 bits per heavy atom. The van der Waals surface area contributed by atoms with Gasteiger partial charge in [-0.25, -0.2) is 0 Å². The van der Waals surface area contributed by atoms with E-state index in [2.05, 4.69) is 10.1 Å². The average molecular weight is 287 g/mol. The lowest BCUT2D eigenvalue weighted by Crippen LogP contribution is -2.30. The van der Waals surface area contributed by atoms with Crippen LogP contribution in [0.3, 0.4) is 0 Å². The van der Waals surface area contributed by atoms with Crippen LogP contribution in [0.15, 0.2) is 35.2 Å². The van der Waals surface area contributed by atoms with Crippen LogP contribution in [0.25, 0.3) is 11.4 Å². The molecule has 0 radical (unpaired) electrons. The van der Waals surface area contributed by atoms with Gasteiger partial charge in [-0.3, -0.25) is 4.79 Å². The van der Waals surface area contributed by atoms with Crippen LogP contribution in [0.4, 0.5) is 0 Å². The zero-order chi connectivity index (χ0) is 14.8. The van der Waals surface area contributed by atoms with Crippen LogP contribution in [0.1, 0.15) is 23.7 Å². The molecule has 6 nitrogen and oxygen atoms in total. The van der Waals surface area contributed by atoms with Gasteiger partial charge in [0.05, 0.1) is 6.10 Å². The largest absolute Gasteiger partial charge is 0.393 e. The second kappa shape index (κ2) is 5.65. The van der Waals surface area contributed by atoms with E-state index in [0.29, 0.717) is 24.5 Å². The molecule has 1 aliphatic rings. The summed E-state index contributed by atoms with van der Waals surface area (Å²) in [7, 11) is 0. The Hall–Kier alpha value is -2.21. The maximum Gasteiger partial charge on any atom is 0.253 e. The minimum atomic E-state index is -0.372. The predicted molar refractivity (Wildman–Crippen MR) is 75.4 cm³/mol. The monoisotopic (exact) mass is 287 g/mol. The summed E-state index contributed by atoms with van der Waals surface area (Å²) >= 11 is 0. The minimum Gasteiger partial charge on any atom is -0.393 e. The van der Waals surface area contributed by atoms with E-state index in [1.165, 1.54) is 6.39 Å². The molecule has 0 spiro atoms. The summed E-state index contributed by atoms with van der Waals surface area (Å²) in [6, 6.07) is 7.15. The summed E-state index contributed by atoms with van der Waals surface area (Å²) in [6.45, 7) is 3.09. The Morgan fingerprint density at radius 3 is 2.76 bits per heavy atom. The van der Waals surface area contributed by atoms with Crippen molar-refractivity contribution in [2.75, 3.05) is 13.1 Å². The first-order valence-electron chi connectivity index (χ1n) is 6.99. The number of benzene rings is 1. The van der Waals surface area contributed by atoms with E-state index < -0.39 is 0 Å². The summed E-state index contributed by atoms with van der Waals surface area (Å²) in [6.07, 6.45) is 1.75. The van der Waals surface area contributed by atoms with E-state index in [0.717, 1.165) is 12.0 Å². The first kappa shape index (κ1) is 13.8. The Bertz CT molecular complexity index is 608. The fraction of sp³-hybridized carbons (Fsp3) is 0.400. The van der Waals surface area contributed by atoms with E-state index >= 15 is 0 Å². The number of likely N-dealkylation sites (tertiary alicyclic amines) is 1. The third-order valence-corrected chi connectivity index (χ3v) is 3.95. The minimum absolute atomic E-state index is 0.00203. The number of aliphatic hydroxyl groups excluding tert-OH is 1. The van der Waals surface area contributed by atoms with Gasteiger partial charge in [0.15, 0.2) is 0 Å². The standard InChI is InChI=1S/C15H17N3O3/c1-10(19)13-6-7-18(8-13)15(20)12-4-2-11(3-5-12)14-16-9-21-17-14/h2-5,9-10,13,19H,6-8H2,1H3. The zero-order valence-corrected chi connectivity index (χ0v) is 11.8. The number of nitrogens with zero attached hydrogens (tertiary/aromatic N) is 3. The van der Waals surface area contributed by atoms with Gasteiger partial charge in [-0.15, -0.1) is 0 Å². The molecule has 1 aliphatic heterocycles. The molecule has 6 heteroatoms. The highest BCUT2D eigenvalue weighted by atomic mass is 16.5. The number of carbonyl (C=O) groups is 1. The van der Waals surface area contributed by atoms with Gasteiger partial charge in [-0.2, -0.15) is 4.98 Å². The second-order valence-corrected chi connectivity index (χ2v) is 5.37. The molecule has 3 rings (SSSR count). The van der Waals surface area contributed by atoms with Gasteiger partial charge in [-0.05, 0) is 25.5 Å². The molecule has 2 aromatic rings. The van der Waals surface area contributed by atoms with Gasteiger partial charge in [0.2, 0.25) is 12.2 Å². The van der Waals surface area contributed by atoms with Crippen molar-refractivity contribution in [1.82, 2.24) is 15.0 Å². The van der Waals surface area contributed by atoms with Gasteiger partial charge in [0, 0.05) is 30.1 Å². The molecule has 0 saturated carbocycles. The summed E-state index contributed by atoms with van der Waals surface area (Å²) in [5.74, 6) is 0.676. The molecule has 2 unspecified atom stereocenters. The molecule has 1 amide bonds. The summed E-state index contributed by atoms with van der Waals surface area (Å²) < 4.78 is 4.70. The molecule has 1 fully saturated rings. The van der Waals surface area contributed by atoms with Crippen molar-refractivity contribution in [2.45, 2.75) is 19.4 Å². The highest BCUT2D eigenvalue weighted by molar-refractivity contribution is 5.94. The fourth-order valence-electron chi connectivity index (χ4n) is 2.61. The molecular formula is C15H17N3O3. The molecule has 1 aromatic carbocycles. The van der Waals surface area contributed by atoms with Crippen LogP contribution in [-0.2, 0) is 0 Å². The van der Waals surface area contributed by atoms with Gasteiger partial charge in [0.25, 0.3) is 5.91 Å². The number of aliphatic hydroxyl groups is 1. The van der Waals surface area contributed by atoms with Crippen molar-refractivity contribution >= 4 is 5.91 Å². The van der Waals surface area contributed by atoms with Crippen LogP contribution >= 0.6 is 0 Å². The third-order valence-electron chi connectivity index (χ3n) is 3.95. The lowest BCUT2D eigenvalue weighted by Gasteiger charge is -2.17. The van der Waals surface area contributed by atoms with Gasteiger partial charge >= 0.3 is 0 Å². The van der Waals surface area contributed by atoms with Crippen molar-refractivity contribution < 1.29 is 14.4 Å². The lowest BCUT2D eigenvalue weighted by atomic mass is 10.0. The number of hydrogen-bond donors (Lipinski definition) is 1. The van der Waals surface area contributed by atoms with Crippen molar-refractivity contribution in [3.63, 3.8) is 0 Å². The Labute approximate surface area is 122 Å². The molecule has 2 atom stereocenters. The SMILES string of the molecule is CC(O)C1CCN(C(=O)c2ccc(-c3ncon3)cc2)C1. The Morgan fingerprint density at radius 2 is 2.19 bits per heavy atom. The van der Waals surface area contributed by atoms with Crippen molar-refractivity contribution in [1.29, 1.82) is 0 Å². The first-order chi connectivity index (χ1) is 10.1. The van der Waals surface area contributed by atoms with Gasteiger partial charge in [0.1, 0.15) is 0 Å². The average Bonchev–Trinajstić information content (AvgIpc) is 3.18. The smallest absolute Gasteiger partial charge is 0.253 e. The zero-order valence-electron chi connectivity index (χ0n) is 11.8. The van der Waals surface area contributed by atoms with E-state index in [1.807, 2.05) is 0 Å². The molecule has 0 bridgehead atoms. The van der Waals surface area contributed by atoms with E-state index in [9.17, 15) is 9.90 Å². The van der Waals surface area contributed by atoms with Crippen LogP contribution in [0.5, 0.6) is 0 Å². The molecule has 1 N–H and O–H groups in total. The maximum atomic E-state index is 12.4. The molecule has 110 valence electrons. The number of aromatic nitrogens is 2. The Balaban J connectivity index is 1.71. The number of rotatable bonds is 3. The van der Waals surface area contributed by atoms with Gasteiger partial charge < -0.3 is 14.5 Å². The number of carbonyl (C=O) groups excluding carboxylic acids is 1. The van der Waals surface area contributed by atoms with Crippen molar-refractivity contribution in [2.24, 2.45) is 5.92 Å². The summed E-state index contributed by atoms with van der Waals surface area (Å²) in [5, 5.41) is 13.4. The quantitative estimate of drug-likeness (QED) is 0.927. The normalized spacial score (nSPS) is 19.7. The first-order valence-corrected chi connectivity index (χ1v) is 6.99. The highest BCUT2D eigenvalue weighted by Gasteiger charge is 2.29. The molecule has 2 heterocycles. The Kier molecular flexibility index (Phi) is 3.70. The molecular weight excluding hydrogens is 270 g/mol. The van der Waals surface area contributed by atoms with Crippen molar-refractivity contribution in [3.8, 4) is 11.4 Å². The predicted octanol–water partition coefficient (Wildman–Crippen LogP) is 1.58. The topological polar surface area (TPSA) is 79.5 Å². The molecule has 1 saturated heterocycles. The highest BCUT2D eigenvalue weighted by Crippen LogP contribution is 2.22. The van der Waals surface area contributed by atoms with Crippen molar-refractivity contribution in [3.05, 3.63) is 36.2 Å². The fourth-order valence-corrected chi connectivity index (χ4v) is 2.61. The number of amides is 1. The van der Waals surface area contributed by atoms with Crippen LogP contribution in [0.2, 0.25) is 0 Å².